The molecule has 7 nitrogen and oxygen atoms in total. The Labute approximate surface area is 158 Å². The minimum atomic E-state index is -3.74. The van der Waals surface area contributed by atoms with E-state index < -0.39 is 21.4 Å². The maximum Gasteiger partial charge on any atom is 0.310 e. The summed E-state index contributed by atoms with van der Waals surface area (Å²) in [5.41, 5.74) is -1.05. The van der Waals surface area contributed by atoms with Crippen LogP contribution in [0, 0.1) is 5.41 Å². The van der Waals surface area contributed by atoms with Gasteiger partial charge in [0, 0.05) is 13.1 Å². The summed E-state index contributed by atoms with van der Waals surface area (Å²) in [6.07, 6.45) is 0.292. The SMILES string of the molecule is COc1ccc(Oc2ccc(S(=O)(=O)N3CCC(C)(C(=O)O)C3)cc2)cc1. The molecule has 2 aromatic carbocycles. The molecule has 0 spiro atoms. The molecule has 0 aromatic heterocycles. The maximum absolute atomic E-state index is 12.8. The Balaban J connectivity index is 1.73. The topological polar surface area (TPSA) is 93.1 Å². The van der Waals surface area contributed by atoms with Gasteiger partial charge in [0.25, 0.3) is 0 Å². The van der Waals surface area contributed by atoms with Crippen molar-refractivity contribution in [3.8, 4) is 17.2 Å². The molecule has 27 heavy (non-hydrogen) atoms. The van der Waals surface area contributed by atoms with Gasteiger partial charge in [-0.3, -0.25) is 4.79 Å². The van der Waals surface area contributed by atoms with Crippen molar-refractivity contribution in [2.45, 2.75) is 18.2 Å². The number of nitrogens with zero attached hydrogens (tertiary/aromatic N) is 1. The molecule has 0 amide bonds. The molecular weight excluding hydrogens is 370 g/mol. The van der Waals surface area contributed by atoms with Crippen molar-refractivity contribution in [2.75, 3.05) is 20.2 Å². The second-order valence-electron chi connectivity index (χ2n) is 6.70. The van der Waals surface area contributed by atoms with Gasteiger partial charge in [-0.15, -0.1) is 0 Å². The molecule has 1 N–H and O–H groups in total. The highest BCUT2D eigenvalue weighted by atomic mass is 32.2. The number of hydrogen-bond donors (Lipinski definition) is 1. The van der Waals surface area contributed by atoms with Gasteiger partial charge in [0.15, 0.2) is 0 Å². The normalized spacial score (nSPS) is 20.4. The van der Waals surface area contributed by atoms with Gasteiger partial charge in [0.2, 0.25) is 10.0 Å². The molecule has 8 heteroatoms. The number of sulfonamides is 1. The molecule has 1 aliphatic rings. The third kappa shape index (κ3) is 3.91. The van der Waals surface area contributed by atoms with Crippen LogP contribution in [0.25, 0.3) is 0 Å². The molecule has 0 aliphatic carbocycles. The van der Waals surface area contributed by atoms with Gasteiger partial charge in [-0.2, -0.15) is 4.31 Å². The lowest BCUT2D eigenvalue weighted by Gasteiger charge is -2.20. The summed E-state index contributed by atoms with van der Waals surface area (Å²) in [7, 11) is -2.17. The summed E-state index contributed by atoms with van der Waals surface area (Å²) in [5.74, 6) is 0.824. The van der Waals surface area contributed by atoms with E-state index in [1.165, 1.54) is 16.4 Å². The van der Waals surface area contributed by atoms with E-state index in [1.807, 2.05) is 0 Å². The molecule has 144 valence electrons. The van der Waals surface area contributed by atoms with Crippen molar-refractivity contribution in [1.82, 2.24) is 4.31 Å². The lowest BCUT2D eigenvalue weighted by molar-refractivity contribution is -0.146. The summed E-state index contributed by atoms with van der Waals surface area (Å²) in [4.78, 5) is 11.5. The van der Waals surface area contributed by atoms with E-state index in [0.717, 1.165) is 0 Å². The van der Waals surface area contributed by atoms with E-state index in [1.54, 1.807) is 50.4 Å². The zero-order valence-electron chi connectivity index (χ0n) is 15.1. The fraction of sp³-hybridized carbons (Fsp3) is 0.316. The Kier molecular flexibility index (Phi) is 5.12. The van der Waals surface area contributed by atoms with Gasteiger partial charge in [0.05, 0.1) is 17.4 Å². The minimum absolute atomic E-state index is 0.0330. The summed E-state index contributed by atoms with van der Waals surface area (Å²) in [6.45, 7) is 1.72. The van der Waals surface area contributed by atoms with Crippen LogP contribution in [0.15, 0.2) is 53.4 Å². The maximum atomic E-state index is 12.8. The second kappa shape index (κ2) is 7.21. The monoisotopic (exact) mass is 391 g/mol. The molecule has 1 heterocycles. The van der Waals surface area contributed by atoms with Gasteiger partial charge in [-0.05, 0) is 61.9 Å². The van der Waals surface area contributed by atoms with Gasteiger partial charge in [-0.25, -0.2) is 8.42 Å². The number of carbonyl (C=O) groups is 1. The molecule has 1 aliphatic heterocycles. The van der Waals surface area contributed by atoms with Crippen LogP contribution in [0.4, 0.5) is 0 Å². The first-order valence-electron chi connectivity index (χ1n) is 8.40. The fourth-order valence-electron chi connectivity index (χ4n) is 2.91. The third-order valence-electron chi connectivity index (χ3n) is 4.71. The molecule has 3 rings (SSSR count). The van der Waals surface area contributed by atoms with Crippen molar-refractivity contribution >= 4 is 16.0 Å². The molecule has 1 atom stereocenters. The first kappa shape index (κ1) is 19.2. The number of methoxy groups -OCH3 is 1. The Morgan fingerprint density at radius 1 is 1.04 bits per heavy atom. The summed E-state index contributed by atoms with van der Waals surface area (Å²) >= 11 is 0. The highest BCUT2D eigenvalue weighted by Gasteiger charge is 2.44. The number of carboxylic acids is 1. The zero-order chi connectivity index (χ0) is 19.7. The lowest BCUT2D eigenvalue weighted by atomic mass is 9.90. The van der Waals surface area contributed by atoms with Gasteiger partial charge in [0.1, 0.15) is 17.2 Å². The van der Waals surface area contributed by atoms with Crippen LogP contribution in [0.1, 0.15) is 13.3 Å². The highest BCUT2D eigenvalue weighted by Crippen LogP contribution is 2.34. The predicted octanol–water partition coefficient (Wildman–Crippen LogP) is 2.97. The van der Waals surface area contributed by atoms with Crippen LogP contribution < -0.4 is 9.47 Å². The average molecular weight is 391 g/mol. The van der Waals surface area contributed by atoms with E-state index in [4.69, 9.17) is 9.47 Å². The van der Waals surface area contributed by atoms with Crippen molar-refractivity contribution in [2.24, 2.45) is 5.41 Å². The summed E-state index contributed by atoms with van der Waals surface area (Å²) < 4.78 is 37.5. The highest BCUT2D eigenvalue weighted by molar-refractivity contribution is 7.89. The molecule has 1 fully saturated rings. The third-order valence-corrected chi connectivity index (χ3v) is 6.57. The number of ether oxygens (including phenoxy) is 2. The molecule has 0 radical (unpaired) electrons. The van der Waals surface area contributed by atoms with Gasteiger partial charge in [-0.1, -0.05) is 0 Å². The lowest BCUT2D eigenvalue weighted by Crippen LogP contribution is -2.34. The van der Waals surface area contributed by atoms with Crippen LogP contribution in [-0.4, -0.2) is 44.0 Å². The molecule has 0 saturated carbocycles. The Hall–Kier alpha value is -2.58. The van der Waals surface area contributed by atoms with Gasteiger partial charge >= 0.3 is 5.97 Å². The zero-order valence-corrected chi connectivity index (χ0v) is 15.9. The Bertz CT molecular complexity index is 924. The van der Waals surface area contributed by atoms with Crippen LogP contribution in [0.2, 0.25) is 0 Å². The molecule has 1 unspecified atom stereocenters. The summed E-state index contributed by atoms with van der Waals surface area (Å²) in [6, 6.07) is 13.1. The van der Waals surface area contributed by atoms with E-state index in [9.17, 15) is 18.3 Å². The number of hydrogen-bond acceptors (Lipinski definition) is 5. The number of aliphatic carboxylic acids is 1. The summed E-state index contributed by atoms with van der Waals surface area (Å²) in [5, 5.41) is 9.29. The fourth-order valence-corrected chi connectivity index (χ4v) is 4.47. The molecule has 0 bridgehead atoms. The van der Waals surface area contributed by atoms with E-state index >= 15 is 0 Å². The second-order valence-corrected chi connectivity index (χ2v) is 8.64. The van der Waals surface area contributed by atoms with Crippen LogP contribution in [0.5, 0.6) is 17.2 Å². The van der Waals surface area contributed by atoms with Crippen LogP contribution >= 0.6 is 0 Å². The molecule has 2 aromatic rings. The quantitative estimate of drug-likeness (QED) is 0.814. The average Bonchev–Trinajstić information content (AvgIpc) is 3.07. The minimum Gasteiger partial charge on any atom is -0.497 e. The van der Waals surface area contributed by atoms with E-state index in [-0.39, 0.29) is 18.0 Å². The standard InChI is InChI=1S/C19H21NO6S/c1-19(18(21)22)11-12-20(13-19)27(23,24)17-9-7-16(8-10-17)26-15-5-3-14(25-2)4-6-15/h3-10H,11-13H2,1-2H3,(H,21,22). The Morgan fingerprint density at radius 2 is 1.56 bits per heavy atom. The predicted molar refractivity (Wildman–Crippen MR) is 98.6 cm³/mol. The largest absolute Gasteiger partial charge is 0.497 e. The van der Waals surface area contributed by atoms with Gasteiger partial charge < -0.3 is 14.6 Å². The van der Waals surface area contributed by atoms with E-state index in [0.29, 0.717) is 23.7 Å². The van der Waals surface area contributed by atoms with Crippen molar-refractivity contribution < 1.29 is 27.8 Å². The van der Waals surface area contributed by atoms with Crippen LogP contribution in [0.3, 0.4) is 0 Å². The van der Waals surface area contributed by atoms with Crippen LogP contribution in [-0.2, 0) is 14.8 Å². The van der Waals surface area contributed by atoms with E-state index in [2.05, 4.69) is 0 Å². The number of rotatable bonds is 6. The molecule has 1 saturated heterocycles. The first-order valence-corrected chi connectivity index (χ1v) is 9.84. The van der Waals surface area contributed by atoms with Crippen molar-refractivity contribution in [3.63, 3.8) is 0 Å². The first-order chi connectivity index (χ1) is 12.7. The van der Waals surface area contributed by atoms with Crippen molar-refractivity contribution in [1.29, 1.82) is 0 Å². The smallest absolute Gasteiger partial charge is 0.310 e. The van der Waals surface area contributed by atoms with Crippen molar-refractivity contribution in [3.05, 3.63) is 48.5 Å². The Morgan fingerprint density at radius 3 is 2.04 bits per heavy atom. The number of carboxylic acid groups (broad SMARTS) is 1. The number of benzene rings is 2. The molecular formula is C19H21NO6S.